The Morgan fingerprint density at radius 1 is 1.22 bits per heavy atom. The predicted octanol–water partition coefficient (Wildman–Crippen LogP) is 4.98. The van der Waals surface area contributed by atoms with Crippen LogP contribution in [0.1, 0.15) is 49.4 Å². The SMILES string of the molecule is Cc1ccccc1COc1ccc(Br)cc1C1C2=C(CC(C)(C)CC2=O)Nc2nnnn21. The predicted molar refractivity (Wildman–Crippen MR) is 124 cm³/mol. The van der Waals surface area contributed by atoms with E-state index < -0.39 is 6.04 Å². The van der Waals surface area contributed by atoms with Crippen molar-refractivity contribution in [3.8, 4) is 5.75 Å². The topological polar surface area (TPSA) is 81.9 Å². The lowest BCUT2D eigenvalue weighted by atomic mass is 9.73. The maximum atomic E-state index is 13.3. The van der Waals surface area contributed by atoms with Gasteiger partial charge in [-0.15, -0.1) is 0 Å². The fourth-order valence-electron chi connectivity index (χ4n) is 4.55. The normalized spacial score (nSPS) is 19.2. The molecule has 0 radical (unpaired) electrons. The van der Waals surface area contributed by atoms with Gasteiger partial charge in [-0.1, -0.05) is 59.1 Å². The first kappa shape index (κ1) is 20.9. The smallest absolute Gasteiger partial charge is 0.248 e. The van der Waals surface area contributed by atoms with Crippen LogP contribution in [0.3, 0.4) is 0 Å². The largest absolute Gasteiger partial charge is 0.489 e. The molecule has 0 fully saturated rings. The average Bonchev–Trinajstić information content (AvgIpc) is 3.19. The Morgan fingerprint density at radius 3 is 2.84 bits per heavy atom. The number of hydrogen-bond acceptors (Lipinski definition) is 6. The number of nitrogens with one attached hydrogen (secondary N) is 1. The van der Waals surface area contributed by atoms with E-state index in [2.05, 4.69) is 69.7 Å². The van der Waals surface area contributed by atoms with Crippen molar-refractivity contribution < 1.29 is 9.53 Å². The van der Waals surface area contributed by atoms with Gasteiger partial charge in [0, 0.05) is 27.7 Å². The highest BCUT2D eigenvalue weighted by Gasteiger charge is 2.42. The van der Waals surface area contributed by atoms with Gasteiger partial charge in [0.2, 0.25) is 5.95 Å². The number of anilines is 1. The fraction of sp³-hybridized carbons (Fsp3) is 0.333. The zero-order chi connectivity index (χ0) is 22.5. The number of tetrazole rings is 1. The van der Waals surface area contributed by atoms with Crippen LogP contribution < -0.4 is 10.1 Å². The molecule has 0 saturated heterocycles. The van der Waals surface area contributed by atoms with Crippen LogP contribution in [0.2, 0.25) is 0 Å². The lowest BCUT2D eigenvalue weighted by Gasteiger charge is -2.38. The first-order valence-corrected chi connectivity index (χ1v) is 11.4. The third kappa shape index (κ3) is 3.72. The monoisotopic (exact) mass is 493 g/mol. The Kier molecular flexibility index (Phi) is 5.12. The van der Waals surface area contributed by atoms with Crippen molar-refractivity contribution in [1.82, 2.24) is 20.2 Å². The molecule has 2 heterocycles. The number of aromatic nitrogens is 4. The number of ketones is 1. The number of nitrogens with zero attached hydrogens (tertiary/aromatic N) is 4. The Balaban J connectivity index is 1.60. The molecule has 164 valence electrons. The molecule has 1 aliphatic heterocycles. The number of allylic oxidation sites excluding steroid dienone is 2. The van der Waals surface area contributed by atoms with Crippen molar-refractivity contribution in [2.24, 2.45) is 5.41 Å². The van der Waals surface area contributed by atoms with E-state index in [0.29, 0.717) is 30.3 Å². The van der Waals surface area contributed by atoms with Crippen LogP contribution >= 0.6 is 15.9 Å². The number of rotatable bonds is 4. The summed E-state index contributed by atoms with van der Waals surface area (Å²) < 4.78 is 8.88. The number of aryl methyl sites for hydroxylation is 1. The van der Waals surface area contributed by atoms with Crippen molar-refractivity contribution in [1.29, 1.82) is 0 Å². The summed E-state index contributed by atoms with van der Waals surface area (Å²) in [5, 5.41) is 15.5. The summed E-state index contributed by atoms with van der Waals surface area (Å²) in [5.41, 5.74) is 4.62. The number of ether oxygens (including phenoxy) is 1. The van der Waals surface area contributed by atoms with Crippen LogP contribution in [0, 0.1) is 12.3 Å². The summed E-state index contributed by atoms with van der Waals surface area (Å²) in [5.74, 6) is 1.35. The zero-order valence-corrected chi connectivity index (χ0v) is 19.8. The maximum absolute atomic E-state index is 13.3. The molecule has 0 amide bonds. The van der Waals surface area contributed by atoms with Crippen LogP contribution in [-0.4, -0.2) is 26.0 Å². The fourth-order valence-corrected chi connectivity index (χ4v) is 4.93. The average molecular weight is 494 g/mol. The standard InChI is InChI=1S/C24H24BrN5O2/c1-14-6-4-5-7-15(14)13-32-20-9-8-16(25)10-17(20)22-21-18(11-24(2,3)12-19(21)31)26-23-27-28-29-30(22)23/h4-10,22H,11-13H2,1-3H3,(H,26,27,29). The molecule has 1 aromatic heterocycles. The molecule has 1 aliphatic carbocycles. The van der Waals surface area contributed by atoms with Crippen LogP contribution in [0.25, 0.3) is 0 Å². The zero-order valence-electron chi connectivity index (χ0n) is 18.2. The molecule has 0 bridgehead atoms. The molecule has 1 unspecified atom stereocenters. The van der Waals surface area contributed by atoms with Crippen LogP contribution in [0.15, 0.2) is 58.2 Å². The minimum absolute atomic E-state index is 0.111. The molecule has 7 nitrogen and oxygen atoms in total. The number of Topliss-reactive ketones (excluding diaryl/α,β-unsaturated/α-hetero) is 1. The van der Waals surface area contributed by atoms with Gasteiger partial charge < -0.3 is 10.1 Å². The molecular weight excluding hydrogens is 470 g/mol. The van der Waals surface area contributed by atoms with Crippen LogP contribution in [0.5, 0.6) is 5.75 Å². The van der Waals surface area contributed by atoms with Gasteiger partial charge in [0.05, 0.1) is 0 Å². The summed E-state index contributed by atoms with van der Waals surface area (Å²) in [7, 11) is 0. The Labute approximate surface area is 195 Å². The molecule has 0 saturated carbocycles. The Bertz CT molecular complexity index is 1250. The third-order valence-electron chi connectivity index (χ3n) is 6.10. The molecule has 8 heteroatoms. The van der Waals surface area contributed by atoms with Crippen LogP contribution in [-0.2, 0) is 11.4 Å². The summed E-state index contributed by atoms with van der Waals surface area (Å²) in [6.07, 6.45) is 1.24. The number of halogens is 1. The van der Waals surface area contributed by atoms with E-state index in [1.165, 1.54) is 5.56 Å². The second kappa shape index (κ2) is 7.85. The van der Waals surface area contributed by atoms with Gasteiger partial charge in [-0.3, -0.25) is 4.79 Å². The van der Waals surface area contributed by atoms with Gasteiger partial charge in [-0.25, -0.2) is 0 Å². The molecule has 3 aromatic rings. The quantitative estimate of drug-likeness (QED) is 0.551. The van der Waals surface area contributed by atoms with Gasteiger partial charge >= 0.3 is 0 Å². The highest BCUT2D eigenvalue weighted by molar-refractivity contribution is 9.10. The van der Waals surface area contributed by atoms with Gasteiger partial charge in [0.15, 0.2) is 5.78 Å². The number of carbonyl (C=O) groups is 1. The van der Waals surface area contributed by atoms with Gasteiger partial charge in [0.25, 0.3) is 0 Å². The first-order chi connectivity index (χ1) is 15.3. The number of carbonyl (C=O) groups excluding carboxylic acids is 1. The van der Waals surface area contributed by atoms with Crippen molar-refractivity contribution in [3.05, 3.63) is 74.9 Å². The van der Waals surface area contributed by atoms with Crippen molar-refractivity contribution >= 4 is 27.7 Å². The Morgan fingerprint density at radius 2 is 2.03 bits per heavy atom. The van der Waals surface area contributed by atoms with E-state index in [9.17, 15) is 4.79 Å². The molecule has 2 aromatic carbocycles. The van der Waals surface area contributed by atoms with E-state index in [1.807, 2.05) is 30.3 Å². The summed E-state index contributed by atoms with van der Waals surface area (Å²) in [6.45, 7) is 6.72. The molecule has 5 rings (SSSR count). The third-order valence-corrected chi connectivity index (χ3v) is 6.60. The van der Waals surface area contributed by atoms with Crippen molar-refractivity contribution in [2.75, 3.05) is 5.32 Å². The maximum Gasteiger partial charge on any atom is 0.248 e. The second-order valence-electron chi connectivity index (χ2n) is 9.21. The summed E-state index contributed by atoms with van der Waals surface area (Å²) in [6, 6.07) is 13.6. The second-order valence-corrected chi connectivity index (χ2v) is 10.1. The van der Waals surface area contributed by atoms with Crippen molar-refractivity contribution in [2.45, 2.75) is 46.3 Å². The van der Waals surface area contributed by atoms with Crippen LogP contribution in [0.4, 0.5) is 5.95 Å². The lowest BCUT2D eigenvalue weighted by Crippen LogP contribution is -2.36. The molecule has 1 N–H and O–H groups in total. The molecular formula is C24H24BrN5O2. The van der Waals surface area contributed by atoms with E-state index in [1.54, 1.807) is 4.68 Å². The van der Waals surface area contributed by atoms with Crippen molar-refractivity contribution in [3.63, 3.8) is 0 Å². The number of fused-ring (bicyclic) bond motifs is 1. The summed E-state index contributed by atoms with van der Waals surface area (Å²) in [4.78, 5) is 13.3. The minimum atomic E-state index is -0.454. The van der Waals surface area contributed by atoms with E-state index in [-0.39, 0.29) is 11.2 Å². The van der Waals surface area contributed by atoms with E-state index in [0.717, 1.165) is 27.7 Å². The number of benzene rings is 2. The molecule has 0 spiro atoms. The molecule has 1 atom stereocenters. The van der Waals surface area contributed by atoms with E-state index >= 15 is 0 Å². The van der Waals surface area contributed by atoms with Gasteiger partial charge in [-0.05, 0) is 58.5 Å². The highest BCUT2D eigenvalue weighted by Crippen LogP contribution is 2.47. The van der Waals surface area contributed by atoms with Gasteiger partial charge in [0.1, 0.15) is 18.4 Å². The number of hydrogen-bond donors (Lipinski definition) is 1. The highest BCUT2D eigenvalue weighted by atomic mass is 79.9. The lowest BCUT2D eigenvalue weighted by molar-refractivity contribution is -0.118. The molecule has 2 aliphatic rings. The van der Waals surface area contributed by atoms with Gasteiger partial charge in [-0.2, -0.15) is 4.68 Å². The Hall–Kier alpha value is -3.00. The van der Waals surface area contributed by atoms with E-state index in [4.69, 9.17) is 4.74 Å². The molecule has 32 heavy (non-hydrogen) atoms. The first-order valence-electron chi connectivity index (χ1n) is 10.6. The summed E-state index contributed by atoms with van der Waals surface area (Å²) >= 11 is 3.59. The minimum Gasteiger partial charge on any atom is -0.489 e.